The van der Waals surface area contributed by atoms with E-state index in [2.05, 4.69) is 10.4 Å². The van der Waals surface area contributed by atoms with Gasteiger partial charge in [-0.25, -0.2) is 9.48 Å². The molecule has 1 fully saturated rings. The molecule has 1 aliphatic rings. The van der Waals surface area contributed by atoms with Gasteiger partial charge in [-0.15, -0.1) is 0 Å². The predicted molar refractivity (Wildman–Crippen MR) is 140 cm³/mol. The maximum absolute atomic E-state index is 13.6. The van der Waals surface area contributed by atoms with Crippen LogP contribution in [0.15, 0.2) is 83.3 Å². The molecule has 0 aliphatic carbocycles. The van der Waals surface area contributed by atoms with Crippen molar-refractivity contribution in [3.8, 4) is 16.9 Å². The van der Waals surface area contributed by atoms with Gasteiger partial charge in [-0.3, -0.25) is 19.6 Å². The van der Waals surface area contributed by atoms with Crippen molar-refractivity contribution in [3.05, 3.63) is 116 Å². The number of nitrogens with one attached hydrogen (secondary N) is 2. The highest BCUT2D eigenvalue weighted by Crippen LogP contribution is 2.30. The average Bonchev–Trinajstić information content (AvgIpc) is 3.35. The van der Waals surface area contributed by atoms with E-state index in [0.29, 0.717) is 27.5 Å². The molecule has 0 radical (unpaired) electrons. The van der Waals surface area contributed by atoms with Gasteiger partial charge in [0.05, 0.1) is 29.1 Å². The van der Waals surface area contributed by atoms with Gasteiger partial charge in [0.15, 0.2) is 0 Å². The predicted octanol–water partition coefficient (Wildman–Crippen LogP) is 5.91. The van der Waals surface area contributed by atoms with Crippen LogP contribution >= 0.6 is 11.6 Å². The lowest BCUT2D eigenvalue weighted by Crippen LogP contribution is -2.30. The highest BCUT2D eigenvalue weighted by atomic mass is 35.5. The second kappa shape index (κ2) is 9.95. The van der Waals surface area contributed by atoms with Crippen molar-refractivity contribution in [1.29, 1.82) is 0 Å². The summed E-state index contributed by atoms with van der Waals surface area (Å²) in [6.07, 6.45) is -3.21. The Morgan fingerprint density at radius 3 is 2.23 bits per heavy atom. The van der Waals surface area contributed by atoms with E-state index in [4.69, 9.17) is 11.6 Å². The van der Waals surface area contributed by atoms with Gasteiger partial charge >= 0.3 is 12.2 Å². The van der Waals surface area contributed by atoms with E-state index in [1.165, 1.54) is 22.9 Å². The van der Waals surface area contributed by atoms with E-state index in [9.17, 15) is 27.6 Å². The fourth-order valence-corrected chi connectivity index (χ4v) is 4.37. The molecule has 39 heavy (non-hydrogen) atoms. The highest BCUT2D eigenvalue weighted by Gasteiger charge is 2.35. The monoisotopic (exact) mass is 552 g/mol. The molecule has 1 aliphatic heterocycles. The summed E-state index contributed by atoms with van der Waals surface area (Å²) >= 11 is 6.04. The Morgan fingerprint density at radius 2 is 1.59 bits per heavy atom. The van der Waals surface area contributed by atoms with E-state index >= 15 is 0 Å². The first kappa shape index (κ1) is 26.1. The van der Waals surface area contributed by atoms with E-state index in [1.54, 1.807) is 36.4 Å². The largest absolute Gasteiger partial charge is 0.416 e. The zero-order chi connectivity index (χ0) is 27.9. The number of aryl methyl sites for hydroxylation is 1. The number of H-pyrrole nitrogens is 1. The van der Waals surface area contributed by atoms with Crippen LogP contribution in [0, 0.1) is 6.92 Å². The van der Waals surface area contributed by atoms with Crippen LogP contribution in [-0.2, 0) is 17.5 Å². The molecule has 3 aromatic carbocycles. The lowest BCUT2D eigenvalue weighted by atomic mass is 10.1. The first-order valence-electron chi connectivity index (χ1n) is 11.7. The van der Waals surface area contributed by atoms with Crippen LogP contribution in [0.25, 0.3) is 23.0 Å². The maximum Gasteiger partial charge on any atom is 0.416 e. The number of aromatic amines is 1. The number of para-hydroxylation sites is 1. The summed E-state index contributed by atoms with van der Waals surface area (Å²) < 4.78 is 40.0. The SMILES string of the molecule is Cc1ccccc1-n1[nH]c(-c2ccc(Cl)cc2)c(/C=C2\NC(=O)N(Cc3ccc(C(F)(F)F)cc3)C2=O)c1=O. The van der Waals surface area contributed by atoms with Crippen molar-refractivity contribution in [3.63, 3.8) is 0 Å². The average molecular weight is 553 g/mol. The number of hydrogen-bond acceptors (Lipinski definition) is 3. The van der Waals surface area contributed by atoms with Crippen molar-refractivity contribution in [2.75, 3.05) is 0 Å². The van der Waals surface area contributed by atoms with Crippen LogP contribution in [-0.4, -0.2) is 26.6 Å². The summed E-state index contributed by atoms with van der Waals surface area (Å²) in [4.78, 5) is 40.2. The molecule has 0 atom stereocenters. The van der Waals surface area contributed by atoms with Gasteiger partial charge in [0.2, 0.25) is 0 Å². The van der Waals surface area contributed by atoms with Crippen LogP contribution in [0.2, 0.25) is 5.02 Å². The number of amides is 3. The van der Waals surface area contributed by atoms with E-state index in [-0.39, 0.29) is 17.8 Å². The molecular weight excluding hydrogens is 533 g/mol. The number of imide groups is 1. The maximum atomic E-state index is 13.6. The Kier molecular flexibility index (Phi) is 6.65. The van der Waals surface area contributed by atoms with Gasteiger partial charge in [-0.2, -0.15) is 13.2 Å². The van der Waals surface area contributed by atoms with Gasteiger partial charge in [0, 0.05) is 10.6 Å². The van der Waals surface area contributed by atoms with Crippen LogP contribution in [0.1, 0.15) is 22.3 Å². The molecule has 2 heterocycles. The summed E-state index contributed by atoms with van der Waals surface area (Å²) in [6, 6.07) is 17.4. The number of carbonyl (C=O) groups is 2. The minimum atomic E-state index is -4.50. The molecule has 2 N–H and O–H groups in total. The summed E-state index contributed by atoms with van der Waals surface area (Å²) in [5.41, 5.74) is 1.48. The van der Waals surface area contributed by atoms with E-state index < -0.39 is 29.2 Å². The zero-order valence-corrected chi connectivity index (χ0v) is 21.1. The van der Waals surface area contributed by atoms with Crippen LogP contribution < -0.4 is 10.9 Å². The number of benzene rings is 3. The fraction of sp³-hybridized carbons (Fsp3) is 0.107. The molecule has 0 saturated carbocycles. The van der Waals surface area contributed by atoms with E-state index in [0.717, 1.165) is 22.6 Å². The number of urea groups is 1. The Labute approximate surface area is 225 Å². The minimum Gasteiger partial charge on any atom is -0.303 e. The van der Waals surface area contributed by atoms with Gasteiger partial charge in [-0.05, 0) is 54.5 Å². The third kappa shape index (κ3) is 5.10. The zero-order valence-electron chi connectivity index (χ0n) is 20.3. The molecule has 198 valence electrons. The molecule has 7 nitrogen and oxygen atoms in total. The van der Waals surface area contributed by atoms with Crippen molar-refractivity contribution in [2.45, 2.75) is 19.6 Å². The number of carbonyl (C=O) groups excluding carboxylic acids is 2. The fourth-order valence-electron chi connectivity index (χ4n) is 4.25. The number of aromatic nitrogens is 2. The molecule has 5 rings (SSSR count). The Morgan fingerprint density at radius 1 is 0.923 bits per heavy atom. The number of halogens is 4. The van der Waals surface area contributed by atoms with Crippen LogP contribution in [0.4, 0.5) is 18.0 Å². The summed E-state index contributed by atoms with van der Waals surface area (Å²) in [6.45, 7) is 1.60. The number of alkyl halides is 3. The van der Waals surface area contributed by atoms with Crippen molar-refractivity contribution in [2.24, 2.45) is 0 Å². The molecule has 0 spiro atoms. The van der Waals surface area contributed by atoms with Crippen molar-refractivity contribution in [1.82, 2.24) is 20.0 Å². The molecule has 11 heteroatoms. The highest BCUT2D eigenvalue weighted by molar-refractivity contribution is 6.30. The van der Waals surface area contributed by atoms with Gasteiger partial charge < -0.3 is 5.32 Å². The Balaban J connectivity index is 1.53. The van der Waals surface area contributed by atoms with Crippen molar-refractivity contribution >= 4 is 29.6 Å². The third-order valence-electron chi connectivity index (χ3n) is 6.29. The normalized spacial score (nSPS) is 14.8. The molecule has 3 amide bonds. The second-order valence-electron chi connectivity index (χ2n) is 8.91. The summed E-state index contributed by atoms with van der Waals surface area (Å²) in [5.74, 6) is -0.718. The Bertz CT molecular complexity index is 1670. The number of hydrogen-bond donors (Lipinski definition) is 2. The lowest BCUT2D eigenvalue weighted by Gasteiger charge is -2.13. The second-order valence-corrected chi connectivity index (χ2v) is 9.35. The molecule has 0 unspecified atom stereocenters. The molecule has 1 aromatic heterocycles. The van der Waals surface area contributed by atoms with Crippen molar-refractivity contribution < 1.29 is 22.8 Å². The van der Waals surface area contributed by atoms with Crippen LogP contribution in [0.5, 0.6) is 0 Å². The summed E-state index contributed by atoms with van der Waals surface area (Å²) in [5, 5.41) is 6.06. The molecule has 1 saturated heterocycles. The number of rotatable bonds is 5. The van der Waals surface area contributed by atoms with Gasteiger partial charge in [0.1, 0.15) is 5.70 Å². The third-order valence-corrected chi connectivity index (χ3v) is 6.54. The van der Waals surface area contributed by atoms with E-state index in [1.807, 2.05) is 19.1 Å². The number of nitrogens with zero attached hydrogens (tertiary/aromatic N) is 2. The topological polar surface area (TPSA) is 87.2 Å². The lowest BCUT2D eigenvalue weighted by molar-refractivity contribution is -0.137. The van der Waals surface area contributed by atoms with Crippen LogP contribution in [0.3, 0.4) is 0 Å². The minimum absolute atomic E-state index is 0.126. The molecule has 0 bridgehead atoms. The first-order valence-corrected chi connectivity index (χ1v) is 12.1. The standard InChI is InChI=1S/C28H20ClF3N4O3/c1-16-4-2-3-5-23(16)36-25(37)21(24(34-36)18-8-12-20(29)13-9-18)14-22-26(38)35(27(39)33-22)15-17-6-10-19(11-7-17)28(30,31)32/h2-14,34H,15H2,1H3,(H,33,39)/b22-14-. The summed E-state index contributed by atoms with van der Waals surface area (Å²) in [7, 11) is 0. The van der Waals surface area contributed by atoms with Gasteiger partial charge in [-0.1, -0.05) is 54.1 Å². The first-order chi connectivity index (χ1) is 18.5. The molecular formula is C28H20ClF3N4O3. The molecule has 4 aromatic rings. The quantitative estimate of drug-likeness (QED) is 0.238. The van der Waals surface area contributed by atoms with Gasteiger partial charge in [0.25, 0.3) is 11.5 Å². The smallest absolute Gasteiger partial charge is 0.303 e. The Hall–Kier alpha value is -4.57.